The highest BCUT2D eigenvalue weighted by Crippen LogP contribution is 2.25. The molecule has 1 heterocycles. The van der Waals surface area contributed by atoms with Crippen LogP contribution in [0.4, 0.5) is 5.82 Å². The van der Waals surface area contributed by atoms with Crippen molar-refractivity contribution in [1.29, 1.82) is 0 Å². The first-order chi connectivity index (χ1) is 8.11. The van der Waals surface area contributed by atoms with E-state index in [1.54, 1.807) is 6.07 Å². The van der Waals surface area contributed by atoms with E-state index in [0.717, 1.165) is 36.9 Å². The number of rotatable bonds is 4. The summed E-state index contributed by atoms with van der Waals surface area (Å²) in [5.74, 6) is -0.384. The number of hydrogen-bond acceptors (Lipinski definition) is 3. The summed E-state index contributed by atoms with van der Waals surface area (Å²) in [4.78, 5) is 15.7. The normalized spacial score (nSPS) is 15.4. The Balaban J connectivity index is 2.38. The lowest BCUT2D eigenvalue weighted by Gasteiger charge is -2.15. The van der Waals surface area contributed by atoms with Crippen LogP contribution in [0.5, 0.6) is 0 Å². The van der Waals surface area contributed by atoms with Crippen LogP contribution in [-0.2, 0) is 12.8 Å². The molecule has 1 atom stereocenters. The number of hydrogen-bond donors (Lipinski definition) is 2. The largest absolute Gasteiger partial charge is 0.478 e. The number of anilines is 1. The molecule has 92 valence electrons. The number of carboxylic acid groups (broad SMARTS) is 1. The number of fused-ring (bicyclic) bond motifs is 1. The van der Waals surface area contributed by atoms with Crippen LogP contribution in [0.1, 0.15) is 48.3 Å². The van der Waals surface area contributed by atoms with Gasteiger partial charge in [-0.25, -0.2) is 9.78 Å². The van der Waals surface area contributed by atoms with Gasteiger partial charge in [-0.05, 0) is 44.2 Å². The Morgan fingerprint density at radius 1 is 1.59 bits per heavy atom. The fourth-order valence-corrected chi connectivity index (χ4v) is 2.08. The summed E-state index contributed by atoms with van der Waals surface area (Å²) < 4.78 is 0. The van der Waals surface area contributed by atoms with Gasteiger partial charge in [0.25, 0.3) is 0 Å². The maximum Gasteiger partial charge on any atom is 0.339 e. The molecule has 1 aliphatic rings. The molecule has 0 aromatic carbocycles. The number of pyridine rings is 1. The van der Waals surface area contributed by atoms with E-state index < -0.39 is 5.97 Å². The van der Waals surface area contributed by atoms with Crippen molar-refractivity contribution in [2.45, 2.75) is 45.6 Å². The van der Waals surface area contributed by atoms with Crippen LogP contribution in [0.25, 0.3) is 0 Å². The van der Waals surface area contributed by atoms with Crippen molar-refractivity contribution in [2.75, 3.05) is 5.32 Å². The number of nitrogens with one attached hydrogen (secondary N) is 1. The van der Waals surface area contributed by atoms with Gasteiger partial charge in [-0.1, -0.05) is 6.92 Å². The third-order valence-electron chi connectivity index (χ3n) is 3.28. The van der Waals surface area contributed by atoms with Crippen LogP contribution in [0.2, 0.25) is 0 Å². The van der Waals surface area contributed by atoms with Gasteiger partial charge < -0.3 is 10.4 Å². The van der Waals surface area contributed by atoms with Crippen molar-refractivity contribution in [3.05, 3.63) is 22.9 Å². The molecule has 0 radical (unpaired) electrons. The van der Waals surface area contributed by atoms with Crippen molar-refractivity contribution in [3.8, 4) is 0 Å². The van der Waals surface area contributed by atoms with Crippen molar-refractivity contribution in [3.63, 3.8) is 0 Å². The van der Waals surface area contributed by atoms with Crippen LogP contribution >= 0.6 is 0 Å². The van der Waals surface area contributed by atoms with E-state index >= 15 is 0 Å². The topological polar surface area (TPSA) is 62.2 Å². The SMILES string of the molecule is CCC(C)Nc1nc2c(cc1C(=O)O)CCC2. The van der Waals surface area contributed by atoms with Crippen molar-refractivity contribution in [1.82, 2.24) is 4.98 Å². The fraction of sp³-hybridized carbons (Fsp3) is 0.538. The highest BCUT2D eigenvalue weighted by Gasteiger charge is 2.20. The molecule has 1 unspecified atom stereocenters. The Morgan fingerprint density at radius 3 is 3.00 bits per heavy atom. The first-order valence-electron chi connectivity index (χ1n) is 6.14. The molecule has 0 saturated heterocycles. The van der Waals surface area contributed by atoms with Crippen LogP contribution in [-0.4, -0.2) is 22.1 Å². The minimum absolute atomic E-state index is 0.236. The lowest BCUT2D eigenvalue weighted by Crippen LogP contribution is -2.18. The molecule has 17 heavy (non-hydrogen) atoms. The van der Waals surface area contributed by atoms with Gasteiger partial charge in [-0.3, -0.25) is 0 Å². The van der Waals surface area contributed by atoms with Crippen LogP contribution in [0.3, 0.4) is 0 Å². The number of aryl methyl sites for hydroxylation is 2. The van der Waals surface area contributed by atoms with E-state index in [9.17, 15) is 9.90 Å². The Morgan fingerprint density at radius 2 is 2.35 bits per heavy atom. The first-order valence-corrected chi connectivity index (χ1v) is 6.14. The second-order valence-corrected chi connectivity index (χ2v) is 4.60. The Kier molecular flexibility index (Phi) is 3.31. The molecule has 1 aromatic rings. The van der Waals surface area contributed by atoms with Crippen molar-refractivity contribution in [2.24, 2.45) is 0 Å². The number of carbonyl (C=O) groups is 1. The van der Waals surface area contributed by atoms with Gasteiger partial charge in [0.1, 0.15) is 11.4 Å². The molecule has 1 aromatic heterocycles. The fourth-order valence-electron chi connectivity index (χ4n) is 2.08. The smallest absolute Gasteiger partial charge is 0.339 e. The van der Waals surface area contributed by atoms with E-state index in [2.05, 4.69) is 17.2 Å². The summed E-state index contributed by atoms with van der Waals surface area (Å²) in [5, 5.41) is 12.4. The number of aromatic carboxylic acids is 1. The molecule has 4 heteroatoms. The second-order valence-electron chi connectivity index (χ2n) is 4.60. The quantitative estimate of drug-likeness (QED) is 0.840. The summed E-state index contributed by atoms with van der Waals surface area (Å²) in [6.45, 7) is 4.09. The minimum atomic E-state index is -0.905. The van der Waals surface area contributed by atoms with Crippen molar-refractivity contribution < 1.29 is 9.90 Å². The molecule has 2 rings (SSSR count). The van der Waals surface area contributed by atoms with Crippen molar-refractivity contribution >= 4 is 11.8 Å². The zero-order valence-electron chi connectivity index (χ0n) is 10.3. The number of carboxylic acids is 1. The van der Waals surface area contributed by atoms with Crippen LogP contribution < -0.4 is 5.32 Å². The van der Waals surface area contributed by atoms with Gasteiger partial charge in [-0.2, -0.15) is 0 Å². The van der Waals surface area contributed by atoms with E-state index in [1.807, 2.05) is 6.92 Å². The second kappa shape index (κ2) is 4.73. The van der Waals surface area contributed by atoms with Gasteiger partial charge in [0, 0.05) is 11.7 Å². The average Bonchev–Trinajstić information content (AvgIpc) is 2.74. The average molecular weight is 234 g/mol. The number of nitrogens with zero attached hydrogens (tertiary/aromatic N) is 1. The van der Waals surface area contributed by atoms with E-state index in [1.165, 1.54) is 0 Å². The molecule has 0 saturated carbocycles. The molecule has 1 aliphatic carbocycles. The maximum absolute atomic E-state index is 11.2. The van der Waals surface area contributed by atoms with E-state index in [-0.39, 0.29) is 6.04 Å². The molecule has 0 aliphatic heterocycles. The maximum atomic E-state index is 11.2. The summed E-state index contributed by atoms with van der Waals surface area (Å²) in [6, 6.07) is 2.02. The first kappa shape index (κ1) is 11.9. The minimum Gasteiger partial charge on any atom is -0.478 e. The lowest BCUT2D eigenvalue weighted by atomic mass is 10.1. The van der Waals surface area contributed by atoms with E-state index in [4.69, 9.17) is 0 Å². The Bertz CT molecular complexity index is 443. The molecule has 0 fully saturated rings. The third-order valence-corrected chi connectivity index (χ3v) is 3.28. The summed E-state index contributed by atoms with van der Waals surface area (Å²) >= 11 is 0. The predicted molar refractivity (Wildman–Crippen MR) is 66.6 cm³/mol. The monoisotopic (exact) mass is 234 g/mol. The molecular weight excluding hydrogens is 216 g/mol. The van der Waals surface area contributed by atoms with Gasteiger partial charge >= 0.3 is 5.97 Å². The predicted octanol–water partition coefficient (Wildman–Crippen LogP) is 2.48. The zero-order valence-corrected chi connectivity index (χ0v) is 10.3. The Labute approximate surface area is 101 Å². The number of aromatic nitrogens is 1. The van der Waals surface area contributed by atoms with Gasteiger partial charge in [0.05, 0.1) is 0 Å². The van der Waals surface area contributed by atoms with Crippen LogP contribution in [0.15, 0.2) is 6.07 Å². The van der Waals surface area contributed by atoms with Gasteiger partial charge in [0.15, 0.2) is 0 Å². The summed E-state index contributed by atoms with van der Waals surface area (Å²) in [6.07, 6.45) is 3.93. The third kappa shape index (κ3) is 2.40. The molecule has 0 amide bonds. The van der Waals surface area contributed by atoms with Crippen LogP contribution in [0, 0.1) is 0 Å². The lowest BCUT2D eigenvalue weighted by molar-refractivity contribution is 0.0697. The summed E-state index contributed by atoms with van der Waals surface area (Å²) in [7, 11) is 0. The molecule has 0 spiro atoms. The summed E-state index contributed by atoms with van der Waals surface area (Å²) in [5.41, 5.74) is 2.45. The van der Waals surface area contributed by atoms with Gasteiger partial charge in [-0.15, -0.1) is 0 Å². The van der Waals surface area contributed by atoms with Gasteiger partial charge in [0.2, 0.25) is 0 Å². The molecule has 0 bridgehead atoms. The Hall–Kier alpha value is -1.58. The standard InChI is InChI=1S/C13H18N2O2/c1-3-8(2)14-12-10(13(16)17)7-9-5-4-6-11(9)15-12/h7-8H,3-6H2,1-2H3,(H,14,15)(H,16,17). The molecule has 4 nitrogen and oxygen atoms in total. The molecule has 2 N–H and O–H groups in total. The van der Waals surface area contributed by atoms with E-state index in [0.29, 0.717) is 11.4 Å². The highest BCUT2D eigenvalue weighted by molar-refractivity contribution is 5.93. The zero-order chi connectivity index (χ0) is 12.4. The highest BCUT2D eigenvalue weighted by atomic mass is 16.4. The molecular formula is C13H18N2O2.